The van der Waals surface area contributed by atoms with Gasteiger partial charge in [0.25, 0.3) is 0 Å². The van der Waals surface area contributed by atoms with Crippen molar-refractivity contribution in [3.05, 3.63) is 16.0 Å². The first kappa shape index (κ1) is 12.1. The van der Waals surface area contributed by atoms with Crippen LogP contribution in [0.3, 0.4) is 0 Å². The molecule has 0 unspecified atom stereocenters. The first-order valence-electron chi connectivity index (χ1n) is 5.38. The molecule has 0 saturated heterocycles. The van der Waals surface area contributed by atoms with Crippen LogP contribution in [0.2, 0.25) is 5.15 Å². The number of nitrogens with one attached hydrogen (secondary N) is 1. The van der Waals surface area contributed by atoms with Crippen molar-refractivity contribution in [3.8, 4) is 0 Å². The van der Waals surface area contributed by atoms with Crippen LogP contribution in [0.4, 0.5) is 0 Å². The molecule has 0 aliphatic carbocycles. The summed E-state index contributed by atoms with van der Waals surface area (Å²) in [6.07, 6.45) is 4.99. The van der Waals surface area contributed by atoms with Crippen molar-refractivity contribution < 1.29 is 0 Å². The molecule has 0 atom stereocenters. The van der Waals surface area contributed by atoms with Crippen LogP contribution in [0.1, 0.15) is 27.2 Å². The van der Waals surface area contributed by atoms with Crippen LogP contribution in [-0.4, -0.2) is 28.0 Å². The Morgan fingerprint density at radius 1 is 1.33 bits per heavy atom. The smallest absolute Gasteiger partial charge is 0.156 e. The summed E-state index contributed by atoms with van der Waals surface area (Å²) in [5.74, 6) is 0. The molecule has 15 heavy (non-hydrogen) atoms. The van der Waals surface area contributed by atoms with Crippen molar-refractivity contribution >= 4 is 23.9 Å². The largest absolute Gasteiger partial charge is 0.376 e. The van der Waals surface area contributed by atoms with Crippen molar-refractivity contribution in [2.45, 2.75) is 27.2 Å². The minimum atomic E-state index is 0.543. The summed E-state index contributed by atoms with van der Waals surface area (Å²) in [7, 11) is 0. The topological polar surface area (TPSA) is 31.9 Å². The summed E-state index contributed by atoms with van der Waals surface area (Å²) in [6.45, 7) is 8.24. The molecule has 0 saturated carbocycles. The van der Waals surface area contributed by atoms with Gasteiger partial charge in [-0.25, -0.2) is 4.98 Å². The van der Waals surface area contributed by atoms with Gasteiger partial charge in [-0.05, 0) is 26.3 Å². The molecule has 0 spiro atoms. The molecule has 0 radical (unpaired) electrons. The summed E-state index contributed by atoms with van der Waals surface area (Å²) < 4.78 is 0. The number of rotatable bonds is 4. The van der Waals surface area contributed by atoms with Crippen molar-refractivity contribution in [2.75, 3.05) is 13.1 Å². The van der Waals surface area contributed by atoms with E-state index >= 15 is 0 Å². The van der Waals surface area contributed by atoms with Gasteiger partial charge in [0, 0.05) is 19.3 Å². The van der Waals surface area contributed by atoms with Crippen LogP contribution in [0.15, 0.2) is 0 Å². The number of imidazole rings is 1. The number of hydrogen-bond acceptors (Lipinski definition) is 2. The summed E-state index contributed by atoms with van der Waals surface area (Å²) in [6, 6.07) is 0. The first-order valence-corrected chi connectivity index (χ1v) is 5.76. The fourth-order valence-electron chi connectivity index (χ4n) is 1.35. The van der Waals surface area contributed by atoms with E-state index < -0.39 is 0 Å². The maximum absolute atomic E-state index is 6.02. The normalized spacial score (nSPS) is 13.6. The average Bonchev–Trinajstić information content (AvgIpc) is 2.56. The molecule has 1 aromatic heterocycles. The van der Waals surface area contributed by atoms with E-state index in [0.29, 0.717) is 5.15 Å². The molecule has 0 aliphatic rings. The molecule has 84 valence electrons. The predicted molar refractivity (Wildman–Crippen MR) is 65.0 cm³/mol. The lowest BCUT2D eigenvalue weighted by Gasteiger charge is -2.13. The van der Waals surface area contributed by atoms with Gasteiger partial charge in [-0.3, -0.25) is 0 Å². The van der Waals surface area contributed by atoms with E-state index in [1.54, 1.807) is 0 Å². The second-order valence-electron chi connectivity index (χ2n) is 3.29. The number of H-pyrrole nitrogens is 1. The van der Waals surface area contributed by atoms with E-state index in [1.807, 2.05) is 12.3 Å². The highest BCUT2D eigenvalue weighted by molar-refractivity contribution is 6.29. The van der Waals surface area contributed by atoms with Gasteiger partial charge in [0.15, 0.2) is 5.15 Å². The van der Waals surface area contributed by atoms with Gasteiger partial charge in [-0.15, -0.1) is 0 Å². The first-order chi connectivity index (χ1) is 7.21. The molecular formula is C11H18ClN3. The SMILES string of the molecule is CCC=c1nc(Cl)c(=CN(CC)CC)[nH]1. The number of nitrogens with zero attached hydrogens (tertiary/aromatic N) is 2. The van der Waals surface area contributed by atoms with Crippen LogP contribution >= 0.6 is 11.6 Å². The second-order valence-corrected chi connectivity index (χ2v) is 3.65. The maximum Gasteiger partial charge on any atom is 0.156 e. The Morgan fingerprint density at radius 3 is 2.53 bits per heavy atom. The number of hydrogen-bond donors (Lipinski definition) is 1. The molecule has 3 nitrogen and oxygen atoms in total. The minimum Gasteiger partial charge on any atom is -0.376 e. The van der Waals surface area contributed by atoms with E-state index in [0.717, 1.165) is 30.3 Å². The molecule has 0 aromatic carbocycles. The summed E-state index contributed by atoms with van der Waals surface area (Å²) in [5.41, 5.74) is 0.848. The zero-order chi connectivity index (χ0) is 11.3. The third kappa shape index (κ3) is 3.27. The summed E-state index contributed by atoms with van der Waals surface area (Å²) in [4.78, 5) is 9.58. The van der Waals surface area contributed by atoms with Crippen molar-refractivity contribution in [1.29, 1.82) is 0 Å². The fourth-order valence-corrected chi connectivity index (χ4v) is 1.53. The fraction of sp³-hybridized carbons (Fsp3) is 0.545. The molecule has 0 bridgehead atoms. The number of aromatic nitrogens is 2. The van der Waals surface area contributed by atoms with Gasteiger partial charge >= 0.3 is 0 Å². The third-order valence-corrected chi connectivity index (χ3v) is 2.51. The monoisotopic (exact) mass is 227 g/mol. The van der Waals surface area contributed by atoms with E-state index in [2.05, 4.69) is 35.6 Å². The van der Waals surface area contributed by atoms with Crippen LogP contribution in [-0.2, 0) is 0 Å². The highest BCUT2D eigenvalue weighted by Crippen LogP contribution is 1.92. The van der Waals surface area contributed by atoms with Gasteiger partial charge in [-0.1, -0.05) is 18.5 Å². The molecule has 1 rings (SSSR count). The molecule has 0 amide bonds. The second kappa shape index (κ2) is 5.81. The molecule has 0 fully saturated rings. The van der Waals surface area contributed by atoms with E-state index in [9.17, 15) is 0 Å². The summed E-state index contributed by atoms with van der Waals surface area (Å²) >= 11 is 6.02. The third-order valence-electron chi connectivity index (χ3n) is 2.23. The standard InChI is InChI=1S/C11H18ClN3/c1-4-7-10-13-9(11(12)14-10)8-15(5-2)6-3/h7-8,13H,4-6H2,1-3H3. The van der Waals surface area contributed by atoms with Crippen LogP contribution < -0.4 is 10.8 Å². The summed E-state index contributed by atoms with van der Waals surface area (Å²) in [5, 5.41) is 1.43. The van der Waals surface area contributed by atoms with Crippen LogP contribution in [0.5, 0.6) is 0 Å². The number of halogens is 1. The van der Waals surface area contributed by atoms with Crippen molar-refractivity contribution in [3.63, 3.8) is 0 Å². The molecule has 4 heteroatoms. The lowest BCUT2D eigenvalue weighted by atomic mass is 10.5. The van der Waals surface area contributed by atoms with Crippen LogP contribution in [0.25, 0.3) is 12.3 Å². The van der Waals surface area contributed by atoms with Gasteiger partial charge in [-0.2, -0.15) is 0 Å². The Balaban J connectivity index is 3.08. The maximum atomic E-state index is 6.02. The van der Waals surface area contributed by atoms with Gasteiger partial charge < -0.3 is 9.88 Å². The van der Waals surface area contributed by atoms with Gasteiger partial charge in [0.05, 0.1) is 5.35 Å². The van der Waals surface area contributed by atoms with Gasteiger partial charge in [0.1, 0.15) is 5.48 Å². The van der Waals surface area contributed by atoms with E-state index in [4.69, 9.17) is 11.6 Å². The van der Waals surface area contributed by atoms with Gasteiger partial charge in [0.2, 0.25) is 0 Å². The highest BCUT2D eigenvalue weighted by atomic mass is 35.5. The Kier molecular flexibility index (Phi) is 4.69. The number of aromatic amines is 1. The molecule has 1 aromatic rings. The average molecular weight is 228 g/mol. The zero-order valence-electron chi connectivity index (χ0n) is 9.55. The van der Waals surface area contributed by atoms with Crippen LogP contribution in [0, 0.1) is 0 Å². The Labute approximate surface area is 95.5 Å². The van der Waals surface area contributed by atoms with Crippen molar-refractivity contribution in [1.82, 2.24) is 14.9 Å². The molecular weight excluding hydrogens is 210 g/mol. The van der Waals surface area contributed by atoms with E-state index in [1.165, 1.54) is 0 Å². The zero-order valence-corrected chi connectivity index (χ0v) is 10.3. The quantitative estimate of drug-likeness (QED) is 0.842. The minimum absolute atomic E-state index is 0.543. The Morgan fingerprint density at radius 2 is 2.00 bits per heavy atom. The lowest BCUT2D eigenvalue weighted by Crippen LogP contribution is -2.21. The van der Waals surface area contributed by atoms with Crippen molar-refractivity contribution in [2.24, 2.45) is 0 Å². The predicted octanol–water partition coefficient (Wildman–Crippen LogP) is 1.33. The molecule has 1 heterocycles. The Hall–Kier alpha value is -0.960. The highest BCUT2D eigenvalue weighted by Gasteiger charge is 1.97. The molecule has 1 N–H and O–H groups in total. The Bertz CT molecular complexity index is 404. The lowest BCUT2D eigenvalue weighted by molar-refractivity contribution is 0.456. The van der Waals surface area contributed by atoms with E-state index in [-0.39, 0.29) is 0 Å². The molecule has 0 aliphatic heterocycles.